The predicted molar refractivity (Wildman–Crippen MR) is 81.8 cm³/mol. The van der Waals surface area contributed by atoms with Gasteiger partial charge in [0.2, 0.25) is 0 Å². The Hall–Kier alpha value is -0.420. The molecule has 112 valence electrons. The SMILES string of the molecule is CC(CNC1CCCSC1C)NC(=O)OC(C)(C)C. The Labute approximate surface area is 121 Å². The van der Waals surface area contributed by atoms with Gasteiger partial charge in [-0.15, -0.1) is 0 Å². The van der Waals surface area contributed by atoms with Gasteiger partial charge in [0.1, 0.15) is 5.60 Å². The van der Waals surface area contributed by atoms with Crippen LogP contribution in [0.15, 0.2) is 0 Å². The molecule has 0 aromatic rings. The highest BCUT2D eigenvalue weighted by molar-refractivity contribution is 7.99. The van der Waals surface area contributed by atoms with Crippen LogP contribution >= 0.6 is 11.8 Å². The van der Waals surface area contributed by atoms with Crippen molar-refractivity contribution in [3.63, 3.8) is 0 Å². The maximum Gasteiger partial charge on any atom is 0.407 e. The topological polar surface area (TPSA) is 50.4 Å². The number of alkyl carbamates (subject to hydrolysis) is 1. The van der Waals surface area contributed by atoms with E-state index in [0.29, 0.717) is 11.3 Å². The maximum atomic E-state index is 11.6. The average molecular weight is 288 g/mol. The zero-order chi connectivity index (χ0) is 14.5. The molecule has 3 unspecified atom stereocenters. The fourth-order valence-corrected chi connectivity index (χ4v) is 3.25. The summed E-state index contributed by atoms with van der Waals surface area (Å²) in [4.78, 5) is 11.6. The Kier molecular flexibility index (Phi) is 6.47. The third-order valence-electron chi connectivity index (χ3n) is 3.06. The zero-order valence-corrected chi connectivity index (χ0v) is 13.6. The highest BCUT2D eigenvalue weighted by atomic mass is 32.2. The molecular weight excluding hydrogens is 260 g/mol. The number of carbonyl (C=O) groups is 1. The van der Waals surface area contributed by atoms with Crippen LogP contribution in [0, 0.1) is 0 Å². The summed E-state index contributed by atoms with van der Waals surface area (Å²) in [6.45, 7) is 10.7. The van der Waals surface area contributed by atoms with Crippen LogP contribution in [0.25, 0.3) is 0 Å². The quantitative estimate of drug-likeness (QED) is 0.835. The molecule has 19 heavy (non-hydrogen) atoms. The lowest BCUT2D eigenvalue weighted by molar-refractivity contribution is 0.0507. The third kappa shape index (κ3) is 7.06. The van der Waals surface area contributed by atoms with Gasteiger partial charge in [0, 0.05) is 23.9 Å². The summed E-state index contributed by atoms with van der Waals surface area (Å²) in [6, 6.07) is 0.635. The highest BCUT2D eigenvalue weighted by Crippen LogP contribution is 2.24. The van der Waals surface area contributed by atoms with Gasteiger partial charge in [0.05, 0.1) is 0 Å². The van der Waals surface area contributed by atoms with Gasteiger partial charge in [-0.1, -0.05) is 6.92 Å². The van der Waals surface area contributed by atoms with E-state index in [1.165, 1.54) is 18.6 Å². The lowest BCUT2D eigenvalue weighted by atomic mass is 10.1. The second-order valence-corrected chi connectivity index (χ2v) is 7.77. The molecule has 0 bridgehead atoms. The number of carbonyl (C=O) groups excluding carboxylic acids is 1. The molecule has 3 atom stereocenters. The third-order valence-corrected chi connectivity index (χ3v) is 4.43. The standard InChI is InChI=1S/C14H28N2O2S/c1-10(16-13(17)18-14(3,4)5)9-15-12-7-6-8-19-11(12)2/h10-12,15H,6-9H2,1-5H3,(H,16,17). The molecule has 1 rings (SSSR count). The molecule has 1 fully saturated rings. The van der Waals surface area contributed by atoms with Gasteiger partial charge in [-0.2, -0.15) is 11.8 Å². The molecule has 1 aliphatic heterocycles. The van der Waals surface area contributed by atoms with Gasteiger partial charge in [-0.3, -0.25) is 0 Å². The summed E-state index contributed by atoms with van der Waals surface area (Å²) in [5, 5.41) is 7.06. The van der Waals surface area contributed by atoms with Crippen LogP contribution in [0.4, 0.5) is 4.79 Å². The molecule has 1 heterocycles. The van der Waals surface area contributed by atoms with Crippen LogP contribution < -0.4 is 10.6 Å². The van der Waals surface area contributed by atoms with E-state index in [9.17, 15) is 4.79 Å². The van der Waals surface area contributed by atoms with E-state index < -0.39 is 5.60 Å². The number of amides is 1. The van der Waals surface area contributed by atoms with E-state index in [1.54, 1.807) is 0 Å². The average Bonchev–Trinajstić information content (AvgIpc) is 2.25. The predicted octanol–water partition coefficient (Wildman–Crippen LogP) is 2.77. The molecule has 0 aromatic heterocycles. The van der Waals surface area contributed by atoms with Crippen molar-refractivity contribution in [2.75, 3.05) is 12.3 Å². The Morgan fingerprint density at radius 2 is 2.16 bits per heavy atom. The van der Waals surface area contributed by atoms with Crippen molar-refractivity contribution in [3.8, 4) is 0 Å². The molecular formula is C14H28N2O2S. The molecule has 4 nitrogen and oxygen atoms in total. The molecule has 0 aromatic carbocycles. The zero-order valence-electron chi connectivity index (χ0n) is 12.8. The van der Waals surface area contributed by atoms with Crippen molar-refractivity contribution < 1.29 is 9.53 Å². The normalized spacial score (nSPS) is 25.7. The molecule has 0 spiro atoms. The molecule has 1 aliphatic rings. The van der Waals surface area contributed by atoms with E-state index in [1.807, 2.05) is 39.5 Å². The molecule has 5 heteroatoms. The number of hydrogen-bond donors (Lipinski definition) is 2. The minimum Gasteiger partial charge on any atom is -0.444 e. The van der Waals surface area contributed by atoms with Crippen molar-refractivity contribution in [1.29, 1.82) is 0 Å². The summed E-state index contributed by atoms with van der Waals surface area (Å²) >= 11 is 2.03. The van der Waals surface area contributed by atoms with Crippen LogP contribution in [-0.2, 0) is 4.74 Å². The van der Waals surface area contributed by atoms with Crippen molar-refractivity contribution in [3.05, 3.63) is 0 Å². The van der Waals surface area contributed by atoms with Gasteiger partial charge in [-0.05, 0) is 46.3 Å². The first-order valence-electron chi connectivity index (χ1n) is 7.12. The molecule has 0 saturated carbocycles. The van der Waals surface area contributed by atoms with Crippen LogP contribution in [-0.4, -0.2) is 41.3 Å². The van der Waals surface area contributed by atoms with Gasteiger partial charge in [0.15, 0.2) is 0 Å². The fourth-order valence-electron chi connectivity index (χ4n) is 2.08. The molecule has 0 aliphatic carbocycles. The summed E-state index contributed by atoms with van der Waals surface area (Å²) in [6.07, 6.45) is 2.17. The van der Waals surface area contributed by atoms with Gasteiger partial charge in [0.25, 0.3) is 0 Å². The van der Waals surface area contributed by atoms with Gasteiger partial charge >= 0.3 is 6.09 Å². The first-order chi connectivity index (χ1) is 8.78. The largest absolute Gasteiger partial charge is 0.444 e. The van der Waals surface area contributed by atoms with E-state index in [-0.39, 0.29) is 12.1 Å². The van der Waals surface area contributed by atoms with Crippen molar-refractivity contribution >= 4 is 17.9 Å². The van der Waals surface area contributed by atoms with E-state index in [4.69, 9.17) is 4.74 Å². The first-order valence-corrected chi connectivity index (χ1v) is 8.17. The molecule has 0 radical (unpaired) electrons. The Morgan fingerprint density at radius 3 is 2.74 bits per heavy atom. The van der Waals surface area contributed by atoms with Crippen LogP contribution in [0.3, 0.4) is 0 Å². The van der Waals surface area contributed by atoms with Crippen molar-refractivity contribution in [2.45, 2.75) is 70.4 Å². The van der Waals surface area contributed by atoms with Crippen LogP contribution in [0.5, 0.6) is 0 Å². The van der Waals surface area contributed by atoms with Crippen molar-refractivity contribution in [1.82, 2.24) is 10.6 Å². The van der Waals surface area contributed by atoms with Crippen LogP contribution in [0.1, 0.15) is 47.5 Å². The number of thioether (sulfide) groups is 1. The summed E-state index contributed by atoms with van der Waals surface area (Å²) in [5.74, 6) is 1.27. The molecule has 1 amide bonds. The Balaban J connectivity index is 2.23. The molecule has 2 N–H and O–H groups in total. The van der Waals surface area contributed by atoms with E-state index >= 15 is 0 Å². The minimum absolute atomic E-state index is 0.0778. The maximum absolute atomic E-state index is 11.6. The number of rotatable bonds is 4. The van der Waals surface area contributed by atoms with E-state index in [2.05, 4.69) is 17.6 Å². The summed E-state index contributed by atoms with van der Waals surface area (Å²) in [5.41, 5.74) is -0.439. The number of nitrogens with one attached hydrogen (secondary N) is 2. The lowest BCUT2D eigenvalue weighted by Crippen LogP contribution is -2.47. The first kappa shape index (κ1) is 16.6. The summed E-state index contributed by atoms with van der Waals surface area (Å²) in [7, 11) is 0. The Morgan fingerprint density at radius 1 is 1.47 bits per heavy atom. The van der Waals surface area contributed by atoms with E-state index in [0.717, 1.165) is 6.54 Å². The van der Waals surface area contributed by atoms with Crippen LogP contribution in [0.2, 0.25) is 0 Å². The number of ether oxygens (including phenoxy) is 1. The second kappa shape index (κ2) is 7.39. The number of hydrogen-bond acceptors (Lipinski definition) is 4. The monoisotopic (exact) mass is 288 g/mol. The second-order valence-electron chi connectivity index (χ2n) is 6.28. The smallest absolute Gasteiger partial charge is 0.407 e. The minimum atomic E-state index is -0.439. The molecule has 1 saturated heterocycles. The Bertz CT molecular complexity index is 292. The summed E-state index contributed by atoms with van der Waals surface area (Å²) < 4.78 is 5.24. The highest BCUT2D eigenvalue weighted by Gasteiger charge is 2.22. The lowest BCUT2D eigenvalue weighted by Gasteiger charge is -2.30. The van der Waals surface area contributed by atoms with Gasteiger partial charge < -0.3 is 15.4 Å². The van der Waals surface area contributed by atoms with Gasteiger partial charge in [-0.25, -0.2) is 4.79 Å². The van der Waals surface area contributed by atoms with Crippen molar-refractivity contribution in [2.24, 2.45) is 0 Å². The fraction of sp³-hybridized carbons (Fsp3) is 0.929.